The first kappa shape index (κ1) is 26.6. The van der Waals surface area contributed by atoms with Gasteiger partial charge in [-0.15, -0.1) is 0 Å². The molecule has 0 radical (unpaired) electrons. The average molecular weight is 507 g/mol. The smallest absolute Gasteiger partial charge is 0.335 e. The zero-order chi connectivity index (χ0) is 25.8. The second-order valence-corrected chi connectivity index (χ2v) is 11.2. The lowest BCUT2D eigenvalue weighted by Gasteiger charge is -2.41. The Labute approximate surface area is 205 Å². The van der Waals surface area contributed by atoms with Gasteiger partial charge in [0.2, 0.25) is 15.9 Å². The lowest BCUT2D eigenvalue weighted by Crippen LogP contribution is -2.57. The average Bonchev–Trinajstić information content (AvgIpc) is 2.82. The second kappa shape index (κ2) is 10.7. The quantitative estimate of drug-likeness (QED) is 0.521. The minimum absolute atomic E-state index is 0.0118. The number of sulfonamides is 1. The number of benzene rings is 2. The first-order valence-electron chi connectivity index (χ1n) is 11.4. The van der Waals surface area contributed by atoms with Crippen molar-refractivity contribution < 1.29 is 32.2 Å². The summed E-state index contributed by atoms with van der Waals surface area (Å²) in [5, 5.41) is 9.03. The van der Waals surface area contributed by atoms with E-state index >= 15 is 0 Å². The summed E-state index contributed by atoms with van der Waals surface area (Å²) in [5.41, 5.74) is -0.641. The van der Waals surface area contributed by atoms with Crippen LogP contribution in [-0.2, 0) is 14.8 Å². The molecule has 1 unspecified atom stereocenters. The van der Waals surface area contributed by atoms with E-state index in [9.17, 15) is 22.4 Å². The van der Waals surface area contributed by atoms with Gasteiger partial charge < -0.3 is 14.7 Å². The number of carbonyl (C=O) groups excluding carboxylic acids is 1. The van der Waals surface area contributed by atoms with Crippen LogP contribution >= 0.6 is 0 Å². The summed E-state index contributed by atoms with van der Waals surface area (Å²) >= 11 is 0. The maximum Gasteiger partial charge on any atom is 0.335 e. The van der Waals surface area contributed by atoms with E-state index in [0.29, 0.717) is 25.2 Å². The first-order valence-corrected chi connectivity index (χ1v) is 12.9. The van der Waals surface area contributed by atoms with Crippen LogP contribution in [0.5, 0.6) is 5.75 Å². The van der Waals surface area contributed by atoms with Gasteiger partial charge in [-0.25, -0.2) is 17.6 Å². The minimum Gasteiger partial charge on any atom is -0.494 e. The predicted molar refractivity (Wildman–Crippen MR) is 128 cm³/mol. The van der Waals surface area contributed by atoms with E-state index in [1.165, 1.54) is 40.7 Å². The molecule has 0 aliphatic carbocycles. The third-order valence-electron chi connectivity index (χ3n) is 6.17. The highest BCUT2D eigenvalue weighted by molar-refractivity contribution is 7.89. The number of hydrogen-bond donors (Lipinski definition) is 1. The summed E-state index contributed by atoms with van der Waals surface area (Å²) < 4.78 is 46.2. The van der Waals surface area contributed by atoms with E-state index < -0.39 is 27.4 Å². The molecule has 35 heavy (non-hydrogen) atoms. The van der Waals surface area contributed by atoms with Crippen LogP contribution in [0.3, 0.4) is 0 Å². The van der Waals surface area contributed by atoms with Gasteiger partial charge in [0.15, 0.2) is 0 Å². The van der Waals surface area contributed by atoms with Crippen LogP contribution in [-0.4, -0.2) is 66.9 Å². The number of aromatic carboxylic acids is 1. The predicted octanol–water partition coefficient (Wildman–Crippen LogP) is 3.63. The number of hydrogen-bond acceptors (Lipinski definition) is 5. The van der Waals surface area contributed by atoms with Crippen molar-refractivity contribution in [2.45, 2.75) is 44.6 Å². The maximum atomic E-state index is 13.2. The second-order valence-electron chi connectivity index (χ2n) is 9.34. The number of ether oxygens (including phenoxy) is 1. The van der Waals surface area contributed by atoms with Gasteiger partial charge in [-0.2, -0.15) is 4.31 Å². The molecule has 1 atom stereocenters. The molecule has 2 aromatic rings. The standard InChI is InChI=1S/C25H31FN2O6S/c1-18-17-27(14-15-28(18)35(32,33)22-11-5-19(6-12-22)23(29)30)24(31)25(2,3)13-4-16-34-21-9-7-20(26)8-10-21/h5-12,18H,4,13-17H2,1-3H3,(H,29,30). The summed E-state index contributed by atoms with van der Waals surface area (Å²) in [7, 11) is -3.82. The lowest BCUT2D eigenvalue weighted by atomic mass is 9.86. The van der Waals surface area contributed by atoms with Crippen LogP contribution in [0.15, 0.2) is 53.4 Å². The van der Waals surface area contributed by atoms with Crippen molar-refractivity contribution in [3.8, 4) is 5.75 Å². The van der Waals surface area contributed by atoms with E-state index in [0.717, 1.165) is 0 Å². The minimum atomic E-state index is -3.82. The largest absolute Gasteiger partial charge is 0.494 e. The van der Waals surface area contributed by atoms with Gasteiger partial charge in [-0.05, 0) is 68.3 Å². The molecule has 0 aromatic heterocycles. The van der Waals surface area contributed by atoms with Gasteiger partial charge >= 0.3 is 5.97 Å². The molecular weight excluding hydrogens is 475 g/mol. The lowest BCUT2D eigenvalue weighted by molar-refractivity contribution is -0.143. The zero-order valence-electron chi connectivity index (χ0n) is 20.1. The summed E-state index contributed by atoms with van der Waals surface area (Å²) in [6.07, 6.45) is 1.21. The van der Waals surface area contributed by atoms with Crippen LogP contribution in [0.25, 0.3) is 0 Å². The van der Waals surface area contributed by atoms with Gasteiger partial charge in [0.05, 0.1) is 17.1 Å². The third-order valence-corrected chi connectivity index (χ3v) is 8.20. The number of nitrogens with zero attached hydrogens (tertiary/aromatic N) is 2. The Morgan fingerprint density at radius 1 is 1.09 bits per heavy atom. The Hall–Kier alpha value is -2.98. The van der Waals surface area contributed by atoms with E-state index in [1.54, 1.807) is 24.0 Å². The number of piperazine rings is 1. The Morgan fingerprint density at radius 2 is 1.71 bits per heavy atom. The summed E-state index contributed by atoms with van der Waals surface area (Å²) in [5.74, 6) is -0.936. The normalized spacial score (nSPS) is 17.3. The summed E-state index contributed by atoms with van der Waals surface area (Å²) in [6, 6.07) is 10.4. The summed E-state index contributed by atoms with van der Waals surface area (Å²) in [4.78, 5) is 26.0. The molecular formula is C25H31FN2O6S. The number of rotatable bonds is 9. The molecule has 1 aliphatic rings. The SMILES string of the molecule is CC1CN(C(=O)C(C)(C)CCCOc2ccc(F)cc2)CCN1S(=O)(=O)c1ccc(C(=O)O)cc1. The van der Waals surface area contributed by atoms with Crippen molar-refractivity contribution in [1.29, 1.82) is 0 Å². The molecule has 1 aliphatic heterocycles. The third kappa shape index (κ3) is 6.37. The Morgan fingerprint density at radius 3 is 2.29 bits per heavy atom. The fourth-order valence-electron chi connectivity index (χ4n) is 4.16. The number of carboxylic acids is 1. The van der Waals surface area contributed by atoms with Crippen LogP contribution in [0.1, 0.15) is 44.0 Å². The van der Waals surface area contributed by atoms with Crippen molar-refractivity contribution in [3.63, 3.8) is 0 Å². The Kier molecular flexibility index (Phi) is 8.17. The number of halogens is 1. The van der Waals surface area contributed by atoms with Gasteiger partial charge in [0.25, 0.3) is 0 Å². The molecule has 1 N–H and O–H groups in total. The summed E-state index contributed by atoms with van der Waals surface area (Å²) in [6.45, 7) is 6.57. The van der Waals surface area contributed by atoms with Crippen molar-refractivity contribution in [2.75, 3.05) is 26.2 Å². The Balaban J connectivity index is 1.55. The molecule has 8 nitrogen and oxygen atoms in total. The van der Waals surface area contributed by atoms with Gasteiger partial charge in [0, 0.05) is 31.1 Å². The highest BCUT2D eigenvalue weighted by Gasteiger charge is 2.39. The molecule has 1 amide bonds. The molecule has 0 bridgehead atoms. The van der Waals surface area contributed by atoms with Gasteiger partial charge in [-0.3, -0.25) is 4.79 Å². The van der Waals surface area contributed by atoms with E-state index in [1.807, 2.05) is 13.8 Å². The molecule has 10 heteroatoms. The molecule has 0 saturated carbocycles. The van der Waals surface area contributed by atoms with Crippen molar-refractivity contribution >= 4 is 21.9 Å². The van der Waals surface area contributed by atoms with Gasteiger partial charge in [0.1, 0.15) is 11.6 Å². The van der Waals surface area contributed by atoms with E-state index in [-0.39, 0.29) is 41.8 Å². The van der Waals surface area contributed by atoms with Crippen molar-refractivity contribution in [3.05, 3.63) is 59.9 Å². The van der Waals surface area contributed by atoms with Crippen molar-refractivity contribution in [1.82, 2.24) is 9.21 Å². The van der Waals surface area contributed by atoms with Crippen LogP contribution < -0.4 is 4.74 Å². The fraction of sp³-hybridized carbons (Fsp3) is 0.440. The highest BCUT2D eigenvalue weighted by atomic mass is 32.2. The van der Waals surface area contributed by atoms with Crippen LogP contribution in [0, 0.1) is 11.2 Å². The molecule has 1 fully saturated rings. The van der Waals surface area contributed by atoms with Gasteiger partial charge in [-0.1, -0.05) is 13.8 Å². The zero-order valence-corrected chi connectivity index (χ0v) is 20.9. The number of carbonyl (C=O) groups is 2. The maximum absolute atomic E-state index is 13.2. The fourth-order valence-corrected chi connectivity index (χ4v) is 5.77. The molecule has 190 valence electrons. The highest BCUT2D eigenvalue weighted by Crippen LogP contribution is 2.29. The Bertz CT molecular complexity index is 1150. The topological polar surface area (TPSA) is 104 Å². The molecule has 0 spiro atoms. The molecule has 2 aromatic carbocycles. The molecule has 3 rings (SSSR count). The number of amides is 1. The van der Waals surface area contributed by atoms with Crippen LogP contribution in [0.4, 0.5) is 4.39 Å². The van der Waals surface area contributed by atoms with E-state index in [4.69, 9.17) is 9.84 Å². The number of carboxylic acid groups (broad SMARTS) is 1. The molecule has 1 saturated heterocycles. The first-order chi connectivity index (χ1) is 16.4. The van der Waals surface area contributed by atoms with E-state index in [2.05, 4.69) is 0 Å². The van der Waals surface area contributed by atoms with Crippen molar-refractivity contribution in [2.24, 2.45) is 5.41 Å². The monoisotopic (exact) mass is 506 g/mol. The van der Waals surface area contributed by atoms with Crippen LogP contribution in [0.2, 0.25) is 0 Å². The molecule has 1 heterocycles.